The number of rotatable bonds is 7. The number of aromatic hydroxyl groups is 2. The monoisotopic (exact) mass is 540 g/mol. The molecule has 6 heteroatoms. The molecule has 3 N–H and O–H groups in total. The Hall–Kier alpha value is -5.36. The summed E-state index contributed by atoms with van der Waals surface area (Å²) in [5.74, 6) is -0.340. The number of pyridine rings is 1. The van der Waals surface area contributed by atoms with Crippen LogP contribution in [-0.2, 0) is 0 Å². The Labute approximate surface area is 237 Å². The number of hydrogen-bond donors (Lipinski definition) is 3. The number of nitrogens with one attached hydrogen (secondary N) is 1. The minimum Gasteiger partial charge on any atom is -0.507 e. The van der Waals surface area contributed by atoms with Crippen LogP contribution in [0.5, 0.6) is 23.0 Å². The average molecular weight is 541 g/mol. The van der Waals surface area contributed by atoms with E-state index >= 15 is 0 Å². The zero-order valence-corrected chi connectivity index (χ0v) is 22.4. The van der Waals surface area contributed by atoms with Crippen LogP contribution in [0.25, 0.3) is 32.9 Å². The summed E-state index contributed by atoms with van der Waals surface area (Å²) < 4.78 is 6.43. The van der Waals surface area contributed by atoms with Gasteiger partial charge in [-0.1, -0.05) is 110 Å². The van der Waals surface area contributed by atoms with Gasteiger partial charge in [0.15, 0.2) is 17.2 Å². The predicted octanol–water partition coefficient (Wildman–Crippen LogP) is 8.14. The number of para-hydroxylation sites is 1. The normalized spacial score (nSPS) is 11.8. The van der Waals surface area contributed by atoms with Crippen LogP contribution in [-0.4, -0.2) is 21.1 Å². The topological polar surface area (TPSA) is 91.7 Å². The summed E-state index contributed by atoms with van der Waals surface area (Å²) in [6, 6.07) is 34.8. The number of fused-ring (bicyclic) bond motifs is 2. The van der Waals surface area contributed by atoms with Gasteiger partial charge in [-0.05, 0) is 18.1 Å². The number of ether oxygens (including phenoxy) is 1. The number of carbonyl (C=O) groups excluding carboxylic acids is 1. The van der Waals surface area contributed by atoms with Crippen molar-refractivity contribution in [3.63, 3.8) is 0 Å². The van der Waals surface area contributed by atoms with E-state index in [2.05, 4.69) is 5.32 Å². The van der Waals surface area contributed by atoms with Crippen molar-refractivity contribution >= 4 is 27.6 Å². The van der Waals surface area contributed by atoms with Crippen molar-refractivity contribution < 1.29 is 19.7 Å². The summed E-state index contributed by atoms with van der Waals surface area (Å²) >= 11 is 0. The van der Waals surface area contributed by atoms with Crippen molar-refractivity contribution in [2.75, 3.05) is 0 Å². The molecule has 1 amide bonds. The van der Waals surface area contributed by atoms with Crippen molar-refractivity contribution in [1.82, 2.24) is 10.3 Å². The lowest BCUT2D eigenvalue weighted by Gasteiger charge is -2.22. The standard InChI is InChI=1S/C35H28N2O4/c1-2-27(22-13-5-3-6-14-22)37-35(40)31-26-19-11-12-20-28(26)36-32(23-15-7-4-8-16-23)34(31)41-30-21-29(38)24-17-9-10-18-25(24)33(30)39/h3-21,27,38-39H,2H2,1H3,(H,37,40). The first-order chi connectivity index (χ1) is 20.0. The molecule has 0 aliphatic carbocycles. The highest BCUT2D eigenvalue weighted by Gasteiger charge is 2.27. The molecule has 202 valence electrons. The molecule has 0 saturated heterocycles. The number of phenolic OH excluding ortho intramolecular Hbond substituents is 2. The van der Waals surface area contributed by atoms with Crippen LogP contribution in [0.2, 0.25) is 0 Å². The lowest BCUT2D eigenvalue weighted by molar-refractivity contribution is 0.0935. The van der Waals surface area contributed by atoms with E-state index in [0.717, 1.165) is 11.1 Å². The molecule has 0 aliphatic rings. The van der Waals surface area contributed by atoms with E-state index in [4.69, 9.17) is 9.72 Å². The maximum atomic E-state index is 14.2. The highest BCUT2D eigenvalue weighted by molar-refractivity contribution is 6.10. The quantitative estimate of drug-likeness (QED) is 0.178. The minimum absolute atomic E-state index is 0.0135. The first-order valence-electron chi connectivity index (χ1n) is 13.5. The molecule has 41 heavy (non-hydrogen) atoms. The molecule has 6 aromatic rings. The second-order valence-electron chi connectivity index (χ2n) is 9.78. The van der Waals surface area contributed by atoms with Gasteiger partial charge in [-0.25, -0.2) is 4.98 Å². The number of nitrogens with zero attached hydrogens (tertiary/aromatic N) is 1. The number of aromatic nitrogens is 1. The molecule has 1 unspecified atom stereocenters. The van der Waals surface area contributed by atoms with E-state index in [1.54, 1.807) is 24.3 Å². The predicted molar refractivity (Wildman–Crippen MR) is 161 cm³/mol. The van der Waals surface area contributed by atoms with Crippen molar-refractivity contribution in [3.8, 4) is 34.3 Å². The number of hydrogen-bond acceptors (Lipinski definition) is 5. The molecular weight excluding hydrogens is 512 g/mol. The van der Waals surface area contributed by atoms with Crippen LogP contribution in [0, 0.1) is 0 Å². The smallest absolute Gasteiger partial charge is 0.256 e. The van der Waals surface area contributed by atoms with Crippen LogP contribution < -0.4 is 10.1 Å². The Bertz CT molecular complexity index is 1870. The van der Waals surface area contributed by atoms with E-state index in [9.17, 15) is 15.0 Å². The van der Waals surface area contributed by atoms with Gasteiger partial charge < -0.3 is 20.3 Å². The maximum absolute atomic E-state index is 14.2. The molecule has 6 rings (SSSR count). The largest absolute Gasteiger partial charge is 0.507 e. The second kappa shape index (κ2) is 11.0. The van der Waals surface area contributed by atoms with Crippen LogP contribution in [0.1, 0.15) is 35.3 Å². The summed E-state index contributed by atoms with van der Waals surface area (Å²) in [6.07, 6.45) is 0.680. The van der Waals surface area contributed by atoms with Crippen molar-refractivity contribution in [2.24, 2.45) is 0 Å². The third kappa shape index (κ3) is 4.92. The van der Waals surface area contributed by atoms with E-state index in [1.807, 2.05) is 91.9 Å². The highest BCUT2D eigenvalue weighted by Crippen LogP contribution is 2.45. The summed E-state index contributed by atoms with van der Waals surface area (Å²) in [7, 11) is 0. The first kappa shape index (κ1) is 25.9. The Balaban J connectivity index is 1.58. The van der Waals surface area contributed by atoms with Gasteiger partial charge in [0.05, 0.1) is 17.1 Å². The summed E-state index contributed by atoms with van der Waals surface area (Å²) in [5.41, 5.74) is 3.08. The van der Waals surface area contributed by atoms with Gasteiger partial charge >= 0.3 is 0 Å². The molecule has 6 nitrogen and oxygen atoms in total. The van der Waals surface area contributed by atoms with Gasteiger partial charge in [-0.15, -0.1) is 0 Å². The van der Waals surface area contributed by atoms with Gasteiger partial charge in [0.2, 0.25) is 0 Å². The van der Waals surface area contributed by atoms with Gasteiger partial charge in [0.1, 0.15) is 11.4 Å². The lowest BCUT2D eigenvalue weighted by atomic mass is 9.99. The summed E-state index contributed by atoms with van der Waals surface area (Å²) in [6.45, 7) is 2.02. The Morgan fingerprint density at radius 2 is 1.41 bits per heavy atom. The fourth-order valence-electron chi connectivity index (χ4n) is 5.15. The van der Waals surface area contributed by atoms with Crippen LogP contribution in [0.4, 0.5) is 0 Å². The molecule has 0 aliphatic heterocycles. The number of phenols is 2. The van der Waals surface area contributed by atoms with Gasteiger partial charge in [0, 0.05) is 27.8 Å². The van der Waals surface area contributed by atoms with Crippen LogP contribution >= 0.6 is 0 Å². The molecule has 5 aromatic carbocycles. The molecule has 0 spiro atoms. The first-order valence-corrected chi connectivity index (χ1v) is 13.5. The fourth-order valence-corrected chi connectivity index (χ4v) is 5.15. The van der Waals surface area contributed by atoms with Crippen LogP contribution in [0.3, 0.4) is 0 Å². The van der Waals surface area contributed by atoms with Crippen LogP contribution in [0.15, 0.2) is 115 Å². The van der Waals surface area contributed by atoms with Crippen molar-refractivity contribution in [1.29, 1.82) is 0 Å². The average Bonchev–Trinajstić information content (AvgIpc) is 3.02. The summed E-state index contributed by atoms with van der Waals surface area (Å²) in [5, 5.41) is 26.7. The van der Waals surface area contributed by atoms with E-state index < -0.39 is 0 Å². The van der Waals surface area contributed by atoms with E-state index in [0.29, 0.717) is 33.8 Å². The maximum Gasteiger partial charge on any atom is 0.256 e. The minimum atomic E-state index is -0.337. The van der Waals surface area contributed by atoms with Crippen molar-refractivity contribution in [3.05, 3.63) is 126 Å². The molecule has 0 bridgehead atoms. The Kier molecular flexibility index (Phi) is 6.96. The molecule has 1 heterocycles. The SMILES string of the molecule is CCC(NC(=O)c1c(Oc2cc(O)c3ccccc3c2O)c(-c2ccccc2)nc2ccccc12)c1ccccc1. The fraction of sp³-hybridized carbons (Fsp3) is 0.0857. The van der Waals surface area contributed by atoms with E-state index in [-0.39, 0.29) is 40.5 Å². The zero-order valence-electron chi connectivity index (χ0n) is 22.4. The third-order valence-corrected chi connectivity index (χ3v) is 7.21. The number of amides is 1. The Morgan fingerprint density at radius 1 is 0.805 bits per heavy atom. The Morgan fingerprint density at radius 3 is 2.12 bits per heavy atom. The number of carbonyl (C=O) groups is 1. The summed E-state index contributed by atoms with van der Waals surface area (Å²) in [4.78, 5) is 19.1. The third-order valence-electron chi connectivity index (χ3n) is 7.21. The molecular formula is C35H28N2O4. The molecule has 0 fully saturated rings. The van der Waals surface area contributed by atoms with Gasteiger partial charge in [0.25, 0.3) is 5.91 Å². The lowest BCUT2D eigenvalue weighted by Crippen LogP contribution is -2.29. The molecule has 0 saturated carbocycles. The zero-order chi connectivity index (χ0) is 28.3. The van der Waals surface area contributed by atoms with E-state index in [1.165, 1.54) is 6.07 Å². The molecule has 0 radical (unpaired) electrons. The van der Waals surface area contributed by atoms with Crippen molar-refractivity contribution in [2.45, 2.75) is 19.4 Å². The van der Waals surface area contributed by atoms with Gasteiger partial charge in [-0.3, -0.25) is 4.79 Å². The number of benzene rings is 5. The highest BCUT2D eigenvalue weighted by atomic mass is 16.5. The molecule has 1 atom stereocenters. The molecule has 1 aromatic heterocycles. The second-order valence-corrected chi connectivity index (χ2v) is 9.78. The van der Waals surface area contributed by atoms with Gasteiger partial charge in [-0.2, -0.15) is 0 Å².